The summed E-state index contributed by atoms with van der Waals surface area (Å²) in [7, 11) is 3.11. The van der Waals surface area contributed by atoms with Crippen molar-refractivity contribution in [3.63, 3.8) is 0 Å². The number of hydrogen-bond acceptors (Lipinski definition) is 5. The predicted molar refractivity (Wildman–Crippen MR) is 143 cm³/mol. The molecule has 0 aliphatic rings. The quantitative estimate of drug-likeness (QED) is 0.198. The summed E-state index contributed by atoms with van der Waals surface area (Å²) in [6.45, 7) is 1.94. The minimum absolute atomic E-state index is 0.0162. The van der Waals surface area contributed by atoms with Gasteiger partial charge in [-0.15, -0.1) is 0 Å². The van der Waals surface area contributed by atoms with E-state index in [1.54, 1.807) is 50.6 Å². The van der Waals surface area contributed by atoms with Crippen molar-refractivity contribution < 1.29 is 27.0 Å². The third kappa shape index (κ3) is 5.25. The second kappa shape index (κ2) is 10.8. The lowest BCUT2D eigenvalue weighted by atomic mass is 10.00. The van der Waals surface area contributed by atoms with Gasteiger partial charge in [-0.1, -0.05) is 6.92 Å². The van der Waals surface area contributed by atoms with Gasteiger partial charge in [0, 0.05) is 22.3 Å². The van der Waals surface area contributed by atoms with E-state index in [4.69, 9.17) is 14.6 Å². The van der Waals surface area contributed by atoms with Crippen LogP contribution in [0.25, 0.3) is 39.7 Å². The zero-order valence-corrected chi connectivity index (χ0v) is 21.8. The Kier molecular flexibility index (Phi) is 7.25. The number of nitrogens with zero attached hydrogens (tertiary/aromatic N) is 4. The maximum Gasteiger partial charge on any atom is 0.433 e. The summed E-state index contributed by atoms with van der Waals surface area (Å²) >= 11 is 0. The normalized spacial score (nSPS) is 11.5. The van der Waals surface area contributed by atoms with Crippen molar-refractivity contribution in [3.8, 4) is 51.2 Å². The molecule has 2 heterocycles. The highest BCUT2D eigenvalue weighted by molar-refractivity contribution is 5.76. The molecule has 0 aliphatic carbocycles. The number of hydrogen-bond donors (Lipinski definition) is 0. The molecule has 0 amide bonds. The predicted octanol–water partition coefficient (Wildman–Crippen LogP) is 7.40. The van der Waals surface area contributed by atoms with Gasteiger partial charge in [0.25, 0.3) is 5.95 Å². The summed E-state index contributed by atoms with van der Waals surface area (Å²) in [6.07, 6.45) is -4.24. The number of aromatic nitrogens is 4. The molecule has 204 valence electrons. The van der Waals surface area contributed by atoms with Gasteiger partial charge in [-0.3, -0.25) is 0 Å². The minimum Gasteiger partial charge on any atom is -0.497 e. The van der Waals surface area contributed by atoms with Crippen LogP contribution in [-0.2, 0) is 12.6 Å². The summed E-state index contributed by atoms with van der Waals surface area (Å²) in [5.74, 6) is 0.494. The highest BCUT2D eigenvalue weighted by Gasteiger charge is 2.35. The number of methoxy groups -OCH3 is 2. The molecule has 0 bridgehead atoms. The lowest BCUT2D eigenvalue weighted by molar-refractivity contribution is -0.141. The van der Waals surface area contributed by atoms with Crippen molar-refractivity contribution in [2.24, 2.45) is 0 Å². The first-order valence-electron chi connectivity index (χ1n) is 12.3. The molecular weight excluding hydrogens is 524 g/mol. The van der Waals surface area contributed by atoms with Gasteiger partial charge in [0.05, 0.1) is 31.3 Å². The topological polar surface area (TPSA) is 62.1 Å². The lowest BCUT2D eigenvalue weighted by Crippen LogP contribution is -2.14. The van der Waals surface area contributed by atoms with Gasteiger partial charge in [-0.25, -0.2) is 14.4 Å². The zero-order chi connectivity index (χ0) is 28.4. The third-order valence-electron chi connectivity index (χ3n) is 6.40. The molecule has 0 atom stereocenters. The van der Waals surface area contributed by atoms with Gasteiger partial charge in [0.2, 0.25) is 0 Å². The summed E-state index contributed by atoms with van der Waals surface area (Å²) in [5.41, 5.74) is 2.49. The average Bonchev–Trinajstić information content (AvgIpc) is 3.36. The van der Waals surface area contributed by atoms with Gasteiger partial charge in [-0.2, -0.15) is 23.0 Å². The van der Waals surface area contributed by atoms with Crippen LogP contribution in [-0.4, -0.2) is 34.0 Å². The SMILES string of the molecule is CCc1c(-c2ccc(OC)cc2)nn(-c2nc(-c3ccc(F)cc3)cc(C(F)(F)F)n2)c1-c1ccc(OC)cc1. The molecule has 0 saturated carbocycles. The molecule has 10 heteroatoms. The van der Waals surface area contributed by atoms with Crippen LogP contribution in [0.1, 0.15) is 18.2 Å². The van der Waals surface area contributed by atoms with Crippen LogP contribution in [0.4, 0.5) is 17.6 Å². The fourth-order valence-electron chi connectivity index (χ4n) is 4.40. The van der Waals surface area contributed by atoms with E-state index in [9.17, 15) is 17.6 Å². The highest BCUT2D eigenvalue weighted by atomic mass is 19.4. The van der Waals surface area contributed by atoms with Crippen molar-refractivity contribution in [2.75, 3.05) is 14.2 Å². The molecular formula is C30H24F4N4O2. The van der Waals surface area contributed by atoms with E-state index in [0.29, 0.717) is 40.4 Å². The number of alkyl halides is 3. The lowest BCUT2D eigenvalue weighted by Gasteiger charge is -2.13. The standard InChI is InChI=1S/C30H24F4N4O2/c1-4-24-27(19-7-13-22(39-2)14-8-19)37-38(28(24)20-9-15-23(40-3)16-10-20)29-35-25(17-26(36-29)30(32,33)34)18-5-11-21(31)12-6-18/h5-17H,4H2,1-3H3. The molecule has 0 radical (unpaired) electrons. The number of halogens is 4. The van der Waals surface area contributed by atoms with E-state index in [1.165, 1.54) is 16.8 Å². The molecule has 5 aromatic rings. The first-order valence-corrected chi connectivity index (χ1v) is 12.3. The Bertz CT molecular complexity index is 1630. The molecule has 2 aromatic heterocycles. The molecule has 0 N–H and O–H groups in total. The van der Waals surface area contributed by atoms with E-state index in [-0.39, 0.29) is 11.6 Å². The molecule has 3 aromatic carbocycles. The summed E-state index contributed by atoms with van der Waals surface area (Å²) in [5, 5.41) is 4.76. The molecule has 6 nitrogen and oxygen atoms in total. The van der Waals surface area contributed by atoms with Gasteiger partial charge in [0.1, 0.15) is 17.3 Å². The number of rotatable bonds is 7. The van der Waals surface area contributed by atoms with Crippen LogP contribution in [0.5, 0.6) is 11.5 Å². The van der Waals surface area contributed by atoms with E-state index in [2.05, 4.69) is 9.97 Å². The fourth-order valence-corrected chi connectivity index (χ4v) is 4.40. The first-order chi connectivity index (χ1) is 19.2. The molecule has 40 heavy (non-hydrogen) atoms. The van der Waals surface area contributed by atoms with E-state index >= 15 is 0 Å². The Balaban J connectivity index is 1.79. The first kappa shape index (κ1) is 26.9. The second-order valence-electron chi connectivity index (χ2n) is 8.84. The van der Waals surface area contributed by atoms with E-state index < -0.39 is 17.7 Å². The fraction of sp³-hybridized carbons (Fsp3) is 0.167. The zero-order valence-electron chi connectivity index (χ0n) is 21.8. The van der Waals surface area contributed by atoms with Crippen LogP contribution in [0, 0.1) is 5.82 Å². The van der Waals surface area contributed by atoms with Crippen molar-refractivity contribution in [3.05, 3.63) is 95.9 Å². The Labute approximate surface area is 227 Å². The van der Waals surface area contributed by atoms with E-state index in [0.717, 1.165) is 29.3 Å². The number of ether oxygens (including phenoxy) is 2. The van der Waals surface area contributed by atoms with Crippen molar-refractivity contribution >= 4 is 0 Å². The molecule has 0 aliphatic heterocycles. The highest BCUT2D eigenvalue weighted by Crippen LogP contribution is 2.37. The van der Waals surface area contributed by atoms with Gasteiger partial charge in [-0.05, 0) is 85.3 Å². The summed E-state index contributed by atoms with van der Waals surface area (Å²) < 4.78 is 67.6. The van der Waals surface area contributed by atoms with Crippen LogP contribution in [0.2, 0.25) is 0 Å². The Morgan fingerprint density at radius 3 is 1.82 bits per heavy atom. The maximum atomic E-state index is 14.0. The molecule has 5 rings (SSSR count). The monoisotopic (exact) mass is 548 g/mol. The van der Waals surface area contributed by atoms with Gasteiger partial charge >= 0.3 is 6.18 Å². The van der Waals surface area contributed by atoms with Crippen LogP contribution in [0.3, 0.4) is 0 Å². The summed E-state index contributed by atoms with van der Waals surface area (Å²) in [6, 6.07) is 20.3. The molecule has 0 saturated heterocycles. The smallest absolute Gasteiger partial charge is 0.433 e. The van der Waals surface area contributed by atoms with Crippen LogP contribution >= 0.6 is 0 Å². The van der Waals surface area contributed by atoms with Gasteiger partial charge < -0.3 is 9.47 Å². The number of benzene rings is 3. The van der Waals surface area contributed by atoms with Crippen molar-refractivity contribution in [1.29, 1.82) is 0 Å². The third-order valence-corrected chi connectivity index (χ3v) is 6.40. The molecule has 0 unspecified atom stereocenters. The van der Waals surface area contributed by atoms with Crippen molar-refractivity contribution in [2.45, 2.75) is 19.5 Å². The average molecular weight is 549 g/mol. The second-order valence-corrected chi connectivity index (χ2v) is 8.84. The minimum atomic E-state index is -4.76. The van der Waals surface area contributed by atoms with E-state index in [1.807, 2.05) is 19.1 Å². The van der Waals surface area contributed by atoms with Crippen LogP contribution < -0.4 is 9.47 Å². The summed E-state index contributed by atoms with van der Waals surface area (Å²) in [4.78, 5) is 8.36. The maximum absolute atomic E-state index is 14.0. The van der Waals surface area contributed by atoms with Crippen LogP contribution in [0.15, 0.2) is 78.9 Å². The van der Waals surface area contributed by atoms with Gasteiger partial charge in [0.15, 0.2) is 5.69 Å². The Morgan fingerprint density at radius 2 is 1.30 bits per heavy atom. The Morgan fingerprint density at radius 1 is 0.750 bits per heavy atom. The van der Waals surface area contributed by atoms with Crippen molar-refractivity contribution in [1.82, 2.24) is 19.7 Å². The molecule has 0 spiro atoms. The largest absolute Gasteiger partial charge is 0.497 e. The Hall–Kier alpha value is -4.73. The molecule has 0 fully saturated rings.